The monoisotopic (exact) mass is 480 g/mol. The third kappa shape index (κ3) is 5.76. The van der Waals surface area contributed by atoms with Gasteiger partial charge >= 0.3 is 0 Å². The molecule has 4 aromatic carbocycles. The van der Waals surface area contributed by atoms with Gasteiger partial charge in [-0.1, -0.05) is 84.9 Å². The van der Waals surface area contributed by atoms with Crippen molar-refractivity contribution in [2.75, 3.05) is 0 Å². The van der Waals surface area contributed by atoms with E-state index in [4.69, 9.17) is 0 Å². The van der Waals surface area contributed by atoms with Crippen LogP contribution in [0.15, 0.2) is 134 Å². The minimum atomic E-state index is 0.898. The number of aromatic nitrogens is 2. The molecule has 0 fully saturated rings. The van der Waals surface area contributed by atoms with E-state index in [0.29, 0.717) is 0 Å². The molecule has 0 aliphatic rings. The average molecular weight is 481 g/mol. The summed E-state index contributed by atoms with van der Waals surface area (Å²) < 4.78 is 4.53. The van der Waals surface area contributed by atoms with Crippen LogP contribution in [0.5, 0.6) is 0 Å². The van der Waals surface area contributed by atoms with Gasteiger partial charge in [0.15, 0.2) is 37.9 Å². The average Bonchev–Trinajstić information content (AvgIpc) is 2.95. The van der Waals surface area contributed by atoms with Crippen molar-refractivity contribution < 1.29 is 9.13 Å². The Morgan fingerprint density at radius 3 is 1.19 bits per heavy atom. The smallest absolute Gasteiger partial charge is 0.176 e. The topological polar surface area (TPSA) is 7.76 Å². The molecule has 0 radical (unpaired) electrons. The normalized spacial score (nSPS) is 11.2. The van der Waals surface area contributed by atoms with Crippen molar-refractivity contribution in [3.63, 3.8) is 0 Å². The van der Waals surface area contributed by atoms with E-state index >= 15 is 0 Å². The molecule has 6 aromatic rings. The van der Waals surface area contributed by atoms with Crippen LogP contribution in [0.4, 0.5) is 0 Å². The van der Waals surface area contributed by atoms with Crippen LogP contribution in [0, 0.1) is 0 Å². The number of benzene rings is 4. The Kier molecular flexibility index (Phi) is 6.72. The molecule has 37 heavy (non-hydrogen) atoms. The van der Waals surface area contributed by atoms with Crippen LogP contribution >= 0.6 is 0 Å². The van der Waals surface area contributed by atoms with Crippen molar-refractivity contribution in [2.24, 2.45) is 0 Å². The minimum absolute atomic E-state index is 0.898. The maximum atomic E-state index is 2.29. The zero-order valence-corrected chi connectivity index (χ0v) is 21.1. The number of fused-ring (bicyclic) bond motifs is 2. The second-order valence-corrected chi connectivity index (χ2v) is 9.98. The van der Waals surface area contributed by atoms with E-state index in [1.54, 1.807) is 0 Å². The highest BCUT2D eigenvalue weighted by molar-refractivity contribution is 5.81. The van der Waals surface area contributed by atoms with Gasteiger partial charge in [0.05, 0.1) is 0 Å². The first-order chi connectivity index (χ1) is 18.3. The minimum Gasteiger partial charge on any atom is -0.200 e. The largest absolute Gasteiger partial charge is 0.200 e. The van der Waals surface area contributed by atoms with Gasteiger partial charge in [-0.2, -0.15) is 0 Å². The fourth-order valence-corrected chi connectivity index (χ4v) is 5.09. The van der Waals surface area contributed by atoms with Crippen molar-refractivity contribution in [3.8, 4) is 0 Å². The molecule has 0 unspecified atom stereocenters. The predicted octanol–water partition coefficient (Wildman–Crippen LogP) is 6.84. The highest BCUT2D eigenvalue weighted by Gasteiger charge is 2.07. The van der Waals surface area contributed by atoms with Gasteiger partial charge in [-0.3, -0.25) is 0 Å². The lowest BCUT2D eigenvalue weighted by Gasteiger charge is -2.05. The SMILES string of the molecule is c1ccc2c[n+](Cc3ccc(CCCc4ccc(C[n+]5ccc6ccccc6c5)cc4)cc3)ccc2c1. The summed E-state index contributed by atoms with van der Waals surface area (Å²) in [6, 6.07) is 39.7. The highest BCUT2D eigenvalue weighted by atomic mass is 14.9. The van der Waals surface area contributed by atoms with Gasteiger partial charge in [-0.15, -0.1) is 0 Å². The van der Waals surface area contributed by atoms with Gasteiger partial charge < -0.3 is 0 Å². The summed E-state index contributed by atoms with van der Waals surface area (Å²) >= 11 is 0. The fraction of sp³-hybridized carbons (Fsp3) is 0.143. The molecule has 0 saturated heterocycles. The van der Waals surface area contributed by atoms with Gasteiger partial charge in [0.1, 0.15) is 0 Å². The van der Waals surface area contributed by atoms with E-state index in [2.05, 4.69) is 143 Å². The molecule has 0 aliphatic carbocycles. The van der Waals surface area contributed by atoms with E-state index in [9.17, 15) is 0 Å². The zero-order chi connectivity index (χ0) is 24.9. The van der Waals surface area contributed by atoms with E-state index in [0.717, 1.165) is 32.4 Å². The first kappa shape index (κ1) is 23.1. The van der Waals surface area contributed by atoms with Gasteiger partial charge in [-0.25, -0.2) is 9.13 Å². The number of nitrogens with zero attached hydrogens (tertiary/aromatic N) is 2. The Hall–Kier alpha value is -4.30. The Morgan fingerprint density at radius 1 is 0.378 bits per heavy atom. The van der Waals surface area contributed by atoms with Crippen molar-refractivity contribution in [2.45, 2.75) is 32.4 Å². The predicted molar refractivity (Wildman–Crippen MR) is 151 cm³/mol. The number of hydrogen-bond donors (Lipinski definition) is 0. The standard InChI is InChI=1S/C35H32N2/c1-3-10-34-26-36(22-20-32(34)8-1)24-30-16-12-28(13-17-30)6-5-7-29-14-18-31(19-15-29)25-37-23-21-33-9-2-4-11-35(33)27-37/h1-4,8-23,26-27H,5-7,24-25H2/q+2. The van der Waals surface area contributed by atoms with Crippen LogP contribution in [0.2, 0.25) is 0 Å². The van der Waals surface area contributed by atoms with Gasteiger partial charge in [-0.05, 0) is 53.3 Å². The van der Waals surface area contributed by atoms with Crippen LogP contribution < -0.4 is 9.13 Å². The lowest BCUT2D eigenvalue weighted by atomic mass is 10.0. The molecule has 2 heterocycles. The third-order valence-corrected chi connectivity index (χ3v) is 7.20. The van der Waals surface area contributed by atoms with Gasteiger partial charge in [0.2, 0.25) is 0 Å². The second-order valence-electron chi connectivity index (χ2n) is 9.98. The van der Waals surface area contributed by atoms with Crippen LogP contribution in [-0.2, 0) is 25.9 Å². The van der Waals surface area contributed by atoms with Crippen LogP contribution in [0.1, 0.15) is 28.7 Å². The van der Waals surface area contributed by atoms with Crippen molar-refractivity contribution >= 4 is 21.5 Å². The molecule has 6 rings (SSSR count). The molecule has 0 amide bonds. The summed E-state index contributed by atoms with van der Waals surface area (Å²) in [5.74, 6) is 0. The van der Waals surface area contributed by atoms with Crippen molar-refractivity contribution in [1.29, 1.82) is 0 Å². The maximum Gasteiger partial charge on any atom is 0.176 e. The molecule has 2 aromatic heterocycles. The van der Waals surface area contributed by atoms with E-state index in [-0.39, 0.29) is 0 Å². The summed E-state index contributed by atoms with van der Waals surface area (Å²) in [6.45, 7) is 1.80. The molecule has 0 saturated carbocycles. The molecule has 2 nitrogen and oxygen atoms in total. The Morgan fingerprint density at radius 2 is 0.757 bits per heavy atom. The zero-order valence-electron chi connectivity index (χ0n) is 21.1. The summed E-state index contributed by atoms with van der Waals surface area (Å²) in [5, 5.41) is 5.13. The number of hydrogen-bond acceptors (Lipinski definition) is 0. The van der Waals surface area contributed by atoms with Crippen LogP contribution in [0.25, 0.3) is 21.5 Å². The van der Waals surface area contributed by atoms with Crippen LogP contribution in [0.3, 0.4) is 0 Å². The molecule has 0 spiro atoms. The summed E-state index contributed by atoms with van der Waals surface area (Å²) in [6.07, 6.45) is 12.2. The molecule has 0 aliphatic heterocycles. The number of pyridine rings is 2. The van der Waals surface area contributed by atoms with Crippen LogP contribution in [-0.4, -0.2) is 0 Å². The lowest BCUT2D eigenvalue weighted by Crippen LogP contribution is -2.33. The maximum absolute atomic E-state index is 2.29. The molecule has 0 bridgehead atoms. The Labute approximate surface area is 219 Å². The van der Waals surface area contributed by atoms with E-state index in [1.165, 1.54) is 43.8 Å². The first-order valence-electron chi connectivity index (χ1n) is 13.2. The first-order valence-corrected chi connectivity index (χ1v) is 13.2. The molecular formula is C35H32N2+2. The quantitative estimate of drug-likeness (QED) is 0.211. The lowest BCUT2D eigenvalue weighted by molar-refractivity contribution is -0.687. The number of aryl methyl sites for hydroxylation is 2. The molecule has 2 heteroatoms. The molecule has 0 atom stereocenters. The van der Waals surface area contributed by atoms with Crippen molar-refractivity contribution in [1.82, 2.24) is 0 Å². The molecule has 180 valence electrons. The summed E-state index contributed by atoms with van der Waals surface area (Å²) in [7, 11) is 0. The highest BCUT2D eigenvalue weighted by Crippen LogP contribution is 2.14. The van der Waals surface area contributed by atoms with Crippen molar-refractivity contribution in [3.05, 3.63) is 156 Å². The second kappa shape index (κ2) is 10.8. The fourth-order valence-electron chi connectivity index (χ4n) is 5.09. The third-order valence-electron chi connectivity index (χ3n) is 7.20. The van der Waals surface area contributed by atoms with E-state index < -0.39 is 0 Å². The summed E-state index contributed by atoms with van der Waals surface area (Å²) in [5.41, 5.74) is 5.50. The van der Waals surface area contributed by atoms with Gasteiger partial charge in [0, 0.05) is 34.0 Å². The Bertz CT molecular complexity index is 1510. The van der Waals surface area contributed by atoms with Gasteiger partial charge in [0.25, 0.3) is 0 Å². The molecular weight excluding hydrogens is 448 g/mol. The summed E-state index contributed by atoms with van der Waals surface area (Å²) in [4.78, 5) is 0. The van der Waals surface area contributed by atoms with E-state index in [1.807, 2.05) is 0 Å². The Balaban J connectivity index is 1.00. The number of rotatable bonds is 8. The molecule has 0 N–H and O–H groups in total.